The monoisotopic (exact) mass is 110 g/mol. The van der Waals surface area contributed by atoms with E-state index in [2.05, 4.69) is 10.2 Å². The highest BCUT2D eigenvalue weighted by Gasteiger charge is 1.86. The summed E-state index contributed by atoms with van der Waals surface area (Å²) < 4.78 is 0. The molecule has 0 saturated carbocycles. The molecule has 3 nitrogen and oxygen atoms in total. The smallest absolute Gasteiger partial charge is 0.231 e. The van der Waals surface area contributed by atoms with Gasteiger partial charge in [0, 0.05) is 6.07 Å². The van der Waals surface area contributed by atoms with Gasteiger partial charge in [-0.3, -0.25) is 0 Å². The highest BCUT2D eigenvalue weighted by molar-refractivity contribution is 5.12. The molecule has 0 unspecified atom stereocenters. The van der Waals surface area contributed by atoms with E-state index in [1.807, 2.05) is 6.92 Å². The quantitative estimate of drug-likeness (QED) is 0.528. The summed E-state index contributed by atoms with van der Waals surface area (Å²) in [6.07, 6.45) is 1.58. The van der Waals surface area contributed by atoms with Crippen molar-refractivity contribution in [3.8, 4) is 5.88 Å². The lowest BCUT2D eigenvalue weighted by Crippen LogP contribution is -1.80. The second kappa shape index (κ2) is 1.78. The number of aromatic hydroxyl groups is 1. The Morgan fingerprint density at radius 3 is 2.75 bits per heavy atom. The summed E-state index contributed by atoms with van der Waals surface area (Å²) in [5.41, 5.74) is 0.914. The molecule has 0 bridgehead atoms. The summed E-state index contributed by atoms with van der Waals surface area (Å²) in [4.78, 5) is 0. The first-order valence-electron chi connectivity index (χ1n) is 2.27. The van der Waals surface area contributed by atoms with Crippen LogP contribution in [0.5, 0.6) is 5.88 Å². The van der Waals surface area contributed by atoms with Gasteiger partial charge in [0.2, 0.25) is 5.88 Å². The lowest BCUT2D eigenvalue weighted by atomic mass is 10.4. The molecular weight excluding hydrogens is 104 g/mol. The molecule has 0 radical (unpaired) electrons. The average molecular weight is 110 g/mol. The molecule has 1 rings (SSSR count). The van der Waals surface area contributed by atoms with Crippen molar-refractivity contribution in [1.29, 1.82) is 0 Å². The zero-order valence-electron chi connectivity index (χ0n) is 4.50. The number of aryl methyl sites for hydroxylation is 1. The molecular formula is C5H6N2O. The Hall–Kier alpha value is -1.12. The summed E-state index contributed by atoms with van der Waals surface area (Å²) in [5.74, 6) is -0.0231. The maximum atomic E-state index is 8.64. The highest BCUT2D eigenvalue weighted by Crippen LogP contribution is 2.01. The van der Waals surface area contributed by atoms with Crippen molar-refractivity contribution in [3.63, 3.8) is 0 Å². The minimum Gasteiger partial charge on any atom is -0.492 e. The Labute approximate surface area is 47.0 Å². The molecule has 0 fully saturated rings. The maximum absolute atomic E-state index is 8.64. The van der Waals surface area contributed by atoms with Gasteiger partial charge in [-0.25, -0.2) is 0 Å². The van der Waals surface area contributed by atoms with Crippen LogP contribution in [0.4, 0.5) is 0 Å². The summed E-state index contributed by atoms with van der Waals surface area (Å²) >= 11 is 0. The fourth-order valence-electron chi connectivity index (χ4n) is 0.449. The van der Waals surface area contributed by atoms with Gasteiger partial charge < -0.3 is 5.11 Å². The SMILES string of the molecule is Cc1cnnc(O)c1. The predicted molar refractivity (Wildman–Crippen MR) is 28.4 cm³/mol. The molecule has 1 N–H and O–H groups in total. The molecule has 0 amide bonds. The predicted octanol–water partition coefficient (Wildman–Crippen LogP) is 0.491. The van der Waals surface area contributed by atoms with Gasteiger partial charge in [0.15, 0.2) is 0 Å². The first-order chi connectivity index (χ1) is 3.79. The number of hydrogen-bond acceptors (Lipinski definition) is 3. The van der Waals surface area contributed by atoms with Gasteiger partial charge in [-0.05, 0) is 12.5 Å². The van der Waals surface area contributed by atoms with Crippen LogP contribution in [0.15, 0.2) is 12.3 Å². The summed E-state index contributed by atoms with van der Waals surface area (Å²) in [6, 6.07) is 1.55. The molecule has 0 spiro atoms. The maximum Gasteiger partial charge on any atom is 0.231 e. The first-order valence-corrected chi connectivity index (χ1v) is 2.27. The fraction of sp³-hybridized carbons (Fsp3) is 0.200. The molecule has 42 valence electrons. The molecule has 0 aliphatic heterocycles. The Morgan fingerprint density at radius 2 is 2.38 bits per heavy atom. The van der Waals surface area contributed by atoms with Gasteiger partial charge in [0.25, 0.3) is 0 Å². The molecule has 1 aromatic heterocycles. The van der Waals surface area contributed by atoms with E-state index in [0.29, 0.717) is 0 Å². The lowest BCUT2D eigenvalue weighted by Gasteiger charge is -1.87. The van der Waals surface area contributed by atoms with Crippen molar-refractivity contribution in [1.82, 2.24) is 10.2 Å². The third-order valence-electron chi connectivity index (χ3n) is 0.778. The molecule has 0 saturated heterocycles. The number of hydrogen-bond donors (Lipinski definition) is 1. The van der Waals surface area contributed by atoms with E-state index in [0.717, 1.165) is 5.56 Å². The molecule has 3 heteroatoms. The number of aromatic nitrogens is 2. The third kappa shape index (κ3) is 0.932. The van der Waals surface area contributed by atoms with E-state index in [1.54, 1.807) is 12.3 Å². The van der Waals surface area contributed by atoms with Crippen molar-refractivity contribution >= 4 is 0 Å². The fourth-order valence-corrected chi connectivity index (χ4v) is 0.449. The van der Waals surface area contributed by atoms with Crippen LogP contribution in [-0.2, 0) is 0 Å². The Morgan fingerprint density at radius 1 is 1.62 bits per heavy atom. The normalized spacial score (nSPS) is 9.12. The van der Waals surface area contributed by atoms with Gasteiger partial charge in [-0.15, -0.1) is 5.10 Å². The van der Waals surface area contributed by atoms with Crippen LogP contribution >= 0.6 is 0 Å². The van der Waals surface area contributed by atoms with Crippen LogP contribution in [0.2, 0.25) is 0 Å². The van der Waals surface area contributed by atoms with E-state index in [-0.39, 0.29) is 5.88 Å². The Kier molecular flexibility index (Phi) is 1.12. The van der Waals surface area contributed by atoms with E-state index >= 15 is 0 Å². The van der Waals surface area contributed by atoms with Crippen LogP contribution in [-0.4, -0.2) is 15.3 Å². The average Bonchev–Trinajstić information content (AvgIpc) is 1.64. The zero-order valence-corrected chi connectivity index (χ0v) is 4.50. The van der Waals surface area contributed by atoms with Gasteiger partial charge in [0.1, 0.15) is 0 Å². The second-order valence-corrected chi connectivity index (χ2v) is 1.59. The van der Waals surface area contributed by atoms with Crippen LogP contribution in [0.3, 0.4) is 0 Å². The van der Waals surface area contributed by atoms with Crippen molar-refractivity contribution in [2.24, 2.45) is 0 Å². The molecule has 1 heterocycles. The zero-order chi connectivity index (χ0) is 5.98. The van der Waals surface area contributed by atoms with E-state index < -0.39 is 0 Å². The van der Waals surface area contributed by atoms with E-state index in [1.165, 1.54) is 0 Å². The molecule has 8 heavy (non-hydrogen) atoms. The van der Waals surface area contributed by atoms with Crippen LogP contribution in [0, 0.1) is 6.92 Å². The molecule has 0 aliphatic carbocycles. The molecule has 1 aromatic rings. The highest BCUT2D eigenvalue weighted by atomic mass is 16.3. The third-order valence-corrected chi connectivity index (χ3v) is 0.778. The summed E-state index contributed by atoms with van der Waals surface area (Å²) in [7, 11) is 0. The molecule has 0 atom stereocenters. The van der Waals surface area contributed by atoms with Gasteiger partial charge in [0.05, 0.1) is 6.20 Å². The number of rotatable bonds is 0. The minimum absolute atomic E-state index is 0.0231. The first kappa shape index (κ1) is 5.03. The van der Waals surface area contributed by atoms with Gasteiger partial charge >= 0.3 is 0 Å². The minimum atomic E-state index is -0.0231. The molecule has 0 aromatic carbocycles. The number of nitrogens with zero attached hydrogens (tertiary/aromatic N) is 2. The standard InChI is InChI=1S/C5H6N2O/c1-4-2-5(8)7-6-3-4/h2-3H,1H3,(H,7,8). The van der Waals surface area contributed by atoms with Gasteiger partial charge in [-0.1, -0.05) is 0 Å². The van der Waals surface area contributed by atoms with E-state index in [9.17, 15) is 0 Å². The van der Waals surface area contributed by atoms with Gasteiger partial charge in [-0.2, -0.15) is 5.10 Å². The van der Waals surface area contributed by atoms with E-state index in [4.69, 9.17) is 5.11 Å². The van der Waals surface area contributed by atoms with Crippen LogP contribution in [0.1, 0.15) is 5.56 Å². The summed E-state index contributed by atoms with van der Waals surface area (Å²) in [5, 5.41) is 15.5. The second-order valence-electron chi connectivity index (χ2n) is 1.59. The van der Waals surface area contributed by atoms with Crippen LogP contribution < -0.4 is 0 Å². The molecule has 0 aliphatic rings. The topological polar surface area (TPSA) is 46.0 Å². The van der Waals surface area contributed by atoms with Crippen molar-refractivity contribution in [3.05, 3.63) is 17.8 Å². The van der Waals surface area contributed by atoms with Crippen molar-refractivity contribution in [2.75, 3.05) is 0 Å². The largest absolute Gasteiger partial charge is 0.492 e. The lowest BCUT2D eigenvalue weighted by molar-refractivity contribution is 0.444. The summed E-state index contributed by atoms with van der Waals surface area (Å²) in [6.45, 7) is 1.84. The Balaban J connectivity index is 3.08. The van der Waals surface area contributed by atoms with Crippen LogP contribution in [0.25, 0.3) is 0 Å². The van der Waals surface area contributed by atoms with Crippen molar-refractivity contribution in [2.45, 2.75) is 6.92 Å². The Bertz CT molecular complexity index is 170. The van der Waals surface area contributed by atoms with Crippen molar-refractivity contribution < 1.29 is 5.11 Å².